The molecule has 0 atom stereocenters. The number of pyridine rings is 1. The molecule has 5 heteroatoms. The first kappa shape index (κ1) is 14.1. The Bertz CT molecular complexity index is 824. The van der Waals surface area contributed by atoms with Crippen LogP contribution in [0.25, 0.3) is 5.65 Å². The predicted molar refractivity (Wildman–Crippen MR) is 84.1 cm³/mol. The smallest absolute Gasteiger partial charge is 0.271 e. The second-order valence-corrected chi connectivity index (χ2v) is 5.04. The summed E-state index contributed by atoms with van der Waals surface area (Å²) in [7, 11) is 1.62. The van der Waals surface area contributed by atoms with Gasteiger partial charge in [0.05, 0.1) is 7.11 Å². The first-order valence-corrected chi connectivity index (χ1v) is 7.03. The highest BCUT2D eigenvalue weighted by molar-refractivity contribution is 5.93. The van der Waals surface area contributed by atoms with Crippen LogP contribution in [0.5, 0.6) is 5.75 Å². The number of hydrogen-bond donors (Lipinski definition) is 1. The molecule has 0 aliphatic carbocycles. The van der Waals surface area contributed by atoms with Gasteiger partial charge in [0.2, 0.25) is 0 Å². The number of amides is 1. The first-order valence-electron chi connectivity index (χ1n) is 7.03. The molecule has 3 aromatic rings. The van der Waals surface area contributed by atoms with Gasteiger partial charge in [-0.3, -0.25) is 4.79 Å². The quantitative estimate of drug-likeness (QED) is 0.805. The van der Waals surface area contributed by atoms with Crippen molar-refractivity contribution in [3.8, 4) is 5.75 Å². The molecule has 2 aromatic heterocycles. The van der Waals surface area contributed by atoms with Gasteiger partial charge in [-0.25, -0.2) is 4.98 Å². The number of hydrogen-bond acceptors (Lipinski definition) is 3. The van der Waals surface area contributed by atoms with Crippen molar-refractivity contribution in [3.05, 3.63) is 65.6 Å². The number of rotatable bonds is 4. The maximum Gasteiger partial charge on any atom is 0.271 e. The first-order chi connectivity index (χ1) is 10.7. The molecule has 3 rings (SSSR count). The van der Waals surface area contributed by atoms with Gasteiger partial charge in [0.25, 0.3) is 5.91 Å². The Labute approximate surface area is 128 Å². The number of carbonyl (C=O) groups excluding carboxylic acids is 1. The van der Waals surface area contributed by atoms with E-state index in [0.29, 0.717) is 12.2 Å². The molecule has 0 saturated heterocycles. The maximum absolute atomic E-state index is 12.3. The number of benzene rings is 1. The van der Waals surface area contributed by atoms with Gasteiger partial charge in [-0.2, -0.15) is 0 Å². The second-order valence-electron chi connectivity index (χ2n) is 5.04. The number of imidazole rings is 1. The van der Waals surface area contributed by atoms with Crippen LogP contribution >= 0.6 is 0 Å². The van der Waals surface area contributed by atoms with Crippen LogP contribution in [-0.4, -0.2) is 22.4 Å². The molecule has 0 spiro atoms. The fourth-order valence-corrected chi connectivity index (χ4v) is 2.38. The number of aryl methyl sites for hydroxylation is 1. The second kappa shape index (κ2) is 5.89. The molecular weight excluding hydrogens is 278 g/mol. The van der Waals surface area contributed by atoms with Gasteiger partial charge in [0.1, 0.15) is 17.1 Å². The van der Waals surface area contributed by atoms with Gasteiger partial charge >= 0.3 is 0 Å². The predicted octanol–water partition coefficient (Wildman–Crippen LogP) is 2.58. The standard InChI is InChI=1S/C17H17N3O2/c1-12-6-5-9-20-11-14(19-16(12)20)17(21)18-10-13-7-3-4-8-15(13)22-2/h3-9,11H,10H2,1-2H3,(H,18,21). The Morgan fingerprint density at radius 1 is 1.27 bits per heavy atom. The van der Waals surface area contributed by atoms with E-state index in [1.54, 1.807) is 13.3 Å². The highest BCUT2D eigenvalue weighted by Gasteiger charge is 2.12. The van der Waals surface area contributed by atoms with Gasteiger partial charge in [-0.15, -0.1) is 0 Å². The molecule has 1 amide bonds. The van der Waals surface area contributed by atoms with Gasteiger partial charge in [0, 0.05) is 24.5 Å². The van der Waals surface area contributed by atoms with E-state index in [1.165, 1.54) is 0 Å². The zero-order valence-electron chi connectivity index (χ0n) is 12.5. The molecule has 5 nitrogen and oxygen atoms in total. The summed E-state index contributed by atoms with van der Waals surface area (Å²) in [5.74, 6) is 0.558. The SMILES string of the molecule is COc1ccccc1CNC(=O)c1cn2cccc(C)c2n1. The zero-order chi connectivity index (χ0) is 15.5. The lowest BCUT2D eigenvalue weighted by Crippen LogP contribution is -2.23. The van der Waals surface area contributed by atoms with Crippen molar-refractivity contribution in [1.82, 2.24) is 14.7 Å². The molecular formula is C17H17N3O2. The molecule has 22 heavy (non-hydrogen) atoms. The van der Waals surface area contributed by atoms with Gasteiger partial charge in [0.15, 0.2) is 0 Å². The van der Waals surface area contributed by atoms with Crippen molar-refractivity contribution in [3.63, 3.8) is 0 Å². The topological polar surface area (TPSA) is 55.6 Å². The van der Waals surface area contributed by atoms with Crippen LogP contribution in [0.3, 0.4) is 0 Å². The number of ether oxygens (including phenoxy) is 1. The summed E-state index contributed by atoms with van der Waals surface area (Å²) in [6.07, 6.45) is 3.62. The van der Waals surface area contributed by atoms with Crippen LogP contribution in [0.2, 0.25) is 0 Å². The molecule has 0 bridgehead atoms. The third-order valence-electron chi connectivity index (χ3n) is 3.54. The summed E-state index contributed by atoms with van der Waals surface area (Å²) in [5.41, 5.74) is 3.17. The third-order valence-corrected chi connectivity index (χ3v) is 3.54. The summed E-state index contributed by atoms with van der Waals surface area (Å²) in [4.78, 5) is 16.7. The molecule has 0 radical (unpaired) electrons. The largest absolute Gasteiger partial charge is 0.496 e. The Balaban J connectivity index is 1.77. The van der Waals surface area contributed by atoms with Crippen LogP contribution in [0.4, 0.5) is 0 Å². The van der Waals surface area contributed by atoms with E-state index in [2.05, 4.69) is 10.3 Å². The van der Waals surface area contributed by atoms with E-state index in [4.69, 9.17) is 4.74 Å². The summed E-state index contributed by atoms with van der Waals surface area (Å²) in [6, 6.07) is 11.5. The summed E-state index contributed by atoms with van der Waals surface area (Å²) in [6.45, 7) is 2.37. The minimum atomic E-state index is -0.200. The van der Waals surface area contributed by atoms with E-state index in [-0.39, 0.29) is 5.91 Å². The van der Waals surface area contributed by atoms with E-state index >= 15 is 0 Å². The fraction of sp³-hybridized carbons (Fsp3) is 0.176. The molecule has 2 heterocycles. The Kier molecular flexibility index (Phi) is 3.78. The van der Waals surface area contributed by atoms with E-state index in [0.717, 1.165) is 22.5 Å². The number of nitrogens with one attached hydrogen (secondary N) is 1. The Morgan fingerprint density at radius 3 is 2.86 bits per heavy atom. The third kappa shape index (κ3) is 2.65. The lowest BCUT2D eigenvalue weighted by atomic mass is 10.2. The molecule has 0 unspecified atom stereocenters. The van der Waals surface area contributed by atoms with Crippen molar-refractivity contribution in [2.45, 2.75) is 13.5 Å². The molecule has 1 aromatic carbocycles. The Hall–Kier alpha value is -2.82. The minimum Gasteiger partial charge on any atom is -0.496 e. The van der Waals surface area contributed by atoms with Crippen LogP contribution < -0.4 is 10.1 Å². The minimum absolute atomic E-state index is 0.200. The number of aromatic nitrogens is 2. The number of methoxy groups -OCH3 is 1. The molecule has 112 valence electrons. The molecule has 0 aliphatic heterocycles. The summed E-state index contributed by atoms with van der Waals surface area (Å²) in [5, 5.41) is 2.88. The summed E-state index contributed by atoms with van der Waals surface area (Å²) < 4.78 is 7.13. The lowest BCUT2D eigenvalue weighted by molar-refractivity contribution is 0.0946. The Morgan fingerprint density at radius 2 is 2.09 bits per heavy atom. The van der Waals surface area contributed by atoms with Crippen molar-refractivity contribution in [2.75, 3.05) is 7.11 Å². The van der Waals surface area contributed by atoms with Gasteiger partial charge < -0.3 is 14.5 Å². The van der Waals surface area contributed by atoms with Crippen LogP contribution in [0, 0.1) is 6.92 Å². The molecule has 0 aliphatic rings. The maximum atomic E-state index is 12.3. The average Bonchev–Trinajstić information content (AvgIpc) is 2.98. The number of para-hydroxylation sites is 1. The van der Waals surface area contributed by atoms with Crippen molar-refractivity contribution in [1.29, 1.82) is 0 Å². The number of fused-ring (bicyclic) bond motifs is 1. The van der Waals surface area contributed by atoms with Crippen molar-refractivity contribution in [2.24, 2.45) is 0 Å². The zero-order valence-corrected chi connectivity index (χ0v) is 12.5. The van der Waals surface area contributed by atoms with Crippen molar-refractivity contribution >= 4 is 11.6 Å². The number of nitrogens with zero attached hydrogens (tertiary/aromatic N) is 2. The molecule has 0 fully saturated rings. The summed E-state index contributed by atoms with van der Waals surface area (Å²) >= 11 is 0. The van der Waals surface area contributed by atoms with Gasteiger partial charge in [-0.05, 0) is 24.6 Å². The highest BCUT2D eigenvalue weighted by atomic mass is 16.5. The van der Waals surface area contributed by atoms with Gasteiger partial charge in [-0.1, -0.05) is 24.3 Å². The fourth-order valence-electron chi connectivity index (χ4n) is 2.38. The lowest BCUT2D eigenvalue weighted by Gasteiger charge is -2.08. The van der Waals surface area contributed by atoms with E-state index in [9.17, 15) is 4.79 Å². The molecule has 0 saturated carbocycles. The monoisotopic (exact) mass is 295 g/mol. The van der Waals surface area contributed by atoms with E-state index < -0.39 is 0 Å². The van der Waals surface area contributed by atoms with Crippen LogP contribution in [0.1, 0.15) is 21.6 Å². The van der Waals surface area contributed by atoms with Crippen molar-refractivity contribution < 1.29 is 9.53 Å². The number of carbonyl (C=O) groups is 1. The highest BCUT2D eigenvalue weighted by Crippen LogP contribution is 2.17. The van der Waals surface area contributed by atoms with Crippen LogP contribution in [-0.2, 0) is 6.54 Å². The van der Waals surface area contributed by atoms with Crippen LogP contribution in [0.15, 0.2) is 48.8 Å². The molecule has 1 N–H and O–H groups in total. The normalized spacial score (nSPS) is 10.6. The average molecular weight is 295 g/mol. The van der Waals surface area contributed by atoms with E-state index in [1.807, 2.05) is 53.9 Å².